The van der Waals surface area contributed by atoms with Gasteiger partial charge in [-0.05, 0) is 50.1 Å². The van der Waals surface area contributed by atoms with Crippen LogP contribution in [0.25, 0.3) is 0 Å². The zero-order valence-corrected chi connectivity index (χ0v) is 14.7. The molecule has 2 heterocycles. The molecule has 1 atom stereocenters. The van der Waals surface area contributed by atoms with E-state index in [2.05, 4.69) is 20.8 Å². The summed E-state index contributed by atoms with van der Waals surface area (Å²) in [7, 11) is 1.78. The van der Waals surface area contributed by atoms with Gasteiger partial charge >= 0.3 is 6.03 Å². The van der Waals surface area contributed by atoms with Crippen LogP contribution in [-0.2, 0) is 17.6 Å². The summed E-state index contributed by atoms with van der Waals surface area (Å²) in [4.78, 5) is 25.6. The number of rotatable bonds is 4. The van der Waals surface area contributed by atoms with Gasteiger partial charge in [0.2, 0.25) is 5.91 Å². The Bertz CT molecular complexity index is 799. The van der Waals surface area contributed by atoms with E-state index in [0.29, 0.717) is 19.3 Å². The fraction of sp³-hybridized carbons (Fsp3) is 0.389. The van der Waals surface area contributed by atoms with Gasteiger partial charge in [0.05, 0.1) is 5.69 Å². The number of carbonyl (C=O) groups excluding carboxylic acids is 2. The molecule has 25 heavy (non-hydrogen) atoms. The second kappa shape index (κ2) is 6.96. The van der Waals surface area contributed by atoms with Crippen molar-refractivity contribution in [3.8, 4) is 0 Å². The maximum Gasteiger partial charge on any atom is 0.319 e. The van der Waals surface area contributed by atoms with E-state index in [4.69, 9.17) is 0 Å². The van der Waals surface area contributed by atoms with Gasteiger partial charge in [0.1, 0.15) is 0 Å². The summed E-state index contributed by atoms with van der Waals surface area (Å²) in [5.41, 5.74) is 4.63. The summed E-state index contributed by atoms with van der Waals surface area (Å²) >= 11 is 0. The predicted octanol–water partition coefficient (Wildman–Crippen LogP) is 2.38. The average Bonchev–Trinajstić information content (AvgIpc) is 2.95. The smallest absolute Gasteiger partial charge is 0.319 e. The number of anilines is 2. The van der Waals surface area contributed by atoms with Gasteiger partial charge in [0.25, 0.3) is 0 Å². The monoisotopic (exact) mass is 341 g/mol. The van der Waals surface area contributed by atoms with Crippen LogP contribution in [0.4, 0.5) is 16.2 Å². The predicted molar refractivity (Wildman–Crippen MR) is 96.8 cm³/mol. The third-order valence-corrected chi connectivity index (χ3v) is 4.33. The van der Waals surface area contributed by atoms with Crippen molar-refractivity contribution >= 4 is 23.3 Å². The quantitative estimate of drug-likeness (QED) is 0.797. The molecule has 7 nitrogen and oxygen atoms in total. The number of aromatic amines is 1. The number of hydrogen-bond donors (Lipinski definition) is 3. The molecule has 0 spiro atoms. The first kappa shape index (κ1) is 17.0. The van der Waals surface area contributed by atoms with Gasteiger partial charge in [0, 0.05) is 43.0 Å². The van der Waals surface area contributed by atoms with Crippen molar-refractivity contribution < 1.29 is 9.59 Å². The standard InChI is InChI=1S/C18H23N5O2/c1-11(8-15-9-12(2)21-22-15)19-18(25)20-14-5-6-16-13(10-14)4-7-17(24)23(16)3/h5-6,9-11H,4,7-8H2,1-3H3,(H,21,22)(H2,19,20,25). The summed E-state index contributed by atoms with van der Waals surface area (Å²) in [6.45, 7) is 3.89. The van der Waals surface area contributed by atoms with Crippen molar-refractivity contribution in [2.45, 2.75) is 39.2 Å². The van der Waals surface area contributed by atoms with Crippen molar-refractivity contribution in [2.75, 3.05) is 17.3 Å². The number of nitrogens with one attached hydrogen (secondary N) is 3. The van der Waals surface area contributed by atoms with Crippen molar-refractivity contribution in [1.29, 1.82) is 0 Å². The Kier molecular flexibility index (Phi) is 4.74. The maximum absolute atomic E-state index is 12.2. The fourth-order valence-electron chi connectivity index (χ4n) is 3.07. The zero-order chi connectivity index (χ0) is 18.0. The van der Waals surface area contributed by atoms with E-state index in [1.807, 2.05) is 38.1 Å². The number of H-pyrrole nitrogens is 1. The van der Waals surface area contributed by atoms with E-state index in [9.17, 15) is 9.59 Å². The normalized spacial score (nSPS) is 14.8. The summed E-state index contributed by atoms with van der Waals surface area (Å²) in [6, 6.07) is 7.30. The topological polar surface area (TPSA) is 90.1 Å². The molecule has 0 aliphatic carbocycles. The largest absolute Gasteiger partial charge is 0.335 e. The third-order valence-electron chi connectivity index (χ3n) is 4.33. The van der Waals surface area contributed by atoms with Crippen LogP contribution in [0.15, 0.2) is 24.3 Å². The van der Waals surface area contributed by atoms with Crippen LogP contribution in [0, 0.1) is 6.92 Å². The highest BCUT2D eigenvalue weighted by Gasteiger charge is 2.21. The highest BCUT2D eigenvalue weighted by molar-refractivity contribution is 5.97. The number of benzene rings is 1. The van der Waals surface area contributed by atoms with Crippen LogP contribution in [0.3, 0.4) is 0 Å². The Balaban J connectivity index is 1.58. The Morgan fingerprint density at radius 3 is 2.88 bits per heavy atom. The minimum Gasteiger partial charge on any atom is -0.335 e. The van der Waals surface area contributed by atoms with Crippen LogP contribution in [0.2, 0.25) is 0 Å². The molecular weight excluding hydrogens is 318 g/mol. The first-order valence-electron chi connectivity index (χ1n) is 8.40. The van der Waals surface area contributed by atoms with Gasteiger partial charge in [-0.3, -0.25) is 9.89 Å². The maximum atomic E-state index is 12.2. The van der Waals surface area contributed by atoms with E-state index in [1.54, 1.807) is 11.9 Å². The van der Waals surface area contributed by atoms with Gasteiger partial charge in [-0.25, -0.2) is 4.79 Å². The number of carbonyl (C=O) groups is 2. The van der Waals surface area contributed by atoms with Crippen LogP contribution < -0.4 is 15.5 Å². The molecule has 0 bridgehead atoms. The van der Waals surface area contributed by atoms with Gasteiger partial charge in [-0.15, -0.1) is 0 Å². The number of nitrogens with zero attached hydrogens (tertiary/aromatic N) is 2. The molecule has 2 aromatic rings. The second-order valence-electron chi connectivity index (χ2n) is 6.54. The molecule has 7 heteroatoms. The molecular formula is C18H23N5O2. The Morgan fingerprint density at radius 2 is 2.16 bits per heavy atom. The summed E-state index contributed by atoms with van der Waals surface area (Å²) < 4.78 is 0. The minimum atomic E-state index is -0.250. The first-order valence-corrected chi connectivity index (χ1v) is 8.40. The molecule has 1 aromatic carbocycles. The van der Waals surface area contributed by atoms with Crippen molar-refractivity contribution in [2.24, 2.45) is 0 Å². The number of aromatic nitrogens is 2. The van der Waals surface area contributed by atoms with E-state index >= 15 is 0 Å². The Hall–Kier alpha value is -2.83. The van der Waals surface area contributed by atoms with Crippen LogP contribution in [0.1, 0.15) is 30.3 Å². The number of hydrogen-bond acceptors (Lipinski definition) is 3. The van der Waals surface area contributed by atoms with Gasteiger partial charge in [-0.1, -0.05) is 0 Å². The van der Waals surface area contributed by atoms with Crippen LogP contribution in [0.5, 0.6) is 0 Å². The van der Waals surface area contributed by atoms with Crippen molar-refractivity contribution in [3.63, 3.8) is 0 Å². The third kappa shape index (κ3) is 3.99. The van der Waals surface area contributed by atoms with Gasteiger partial charge < -0.3 is 15.5 Å². The SMILES string of the molecule is Cc1cc(CC(C)NC(=O)Nc2ccc3c(c2)CCC(=O)N3C)n[nH]1. The molecule has 1 aliphatic heterocycles. The molecule has 1 aliphatic rings. The average molecular weight is 341 g/mol. The van der Waals surface area contributed by atoms with Crippen LogP contribution in [-0.4, -0.2) is 35.2 Å². The molecule has 1 unspecified atom stereocenters. The van der Waals surface area contributed by atoms with Gasteiger partial charge in [0.15, 0.2) is 0 Å². The zero-order valence-electron chi connectivity index (χ0n) is 14.7. The van der Waals surface area contributed by atoms with E-state index in [0.717, 1.165) is 28.3 Å². The lowest BCUT2D eigenvalue weighted by Gasteiger charge is -2.26. The van der Waals surface area contributed by atoms with E-state index in [-0.39, 0.29) is 18.0 Å². The first-order chi connectivity index (χ1) is 11.9. The van der Waals surface area contributed by atoms with Gasteiger partial charge in [-0.2, -0.15) is 5.10 Å². The van der Waals surface area contributed by atoms with Crippen LogP contribution >= 0.6 is 0 Å². The molecule has 3 rings (SSSR count). The molecule has 0 fully saturated rings. The second-order valence-corrected chi connectivity index (χ2v) is 6.54. The van der Waals surface area contributed by atoms with E-state index in [1.165, 1.54) is 0 Å². The highest BCUT2D eigenvalue weighted by Crippen LogP contribution is 2.29. The lowest BCUT2D eigenvalue weighted by molar-refractivity contribution is -0.118. The summed E-state index contributed by atoms with van der Waals surface area (Å²) in [6.07, 6.45) is 1.86. The molecule has 1 aromatic heterocycles. The Labute approximate surface area is 146 Å². The lowest BCUT2D eigenvalue weighted by atomic mass is 10.0. The highest BCUT2D eigenvalue weighted by atomic mass is 16.2. The fourth-order valence-corrected chi connectivity index (χ4v) is 3.07. The number of fused-ring (bicyclic) bond motifs is 1. The summed E-state index contributed by atoms with van der Waals surface area (Å²) in [5.74, 6) is 0.119. The molecule has 3 amide bonds. The van der Waals surface area contributed by atoms with Crippen molar-refractivity contribution in [1.82, 2.24) is 15.5 Å². The summed E-state index contributed by atoms with van der Waals surface area (Å²) in [5, 5.41) is 12.8. The molecule has 0 saturated heterocycles. The number of urea groups is 1. The lowest BCUT2D eigenvalue weighted by Crippen LogP contribution is -2.37. The molecule has 3 N–H and O–H groups in total. The number of amides is 3. The molecule has 0 radical (unpaired) electrons. The minimum absolute atomic E-state index is 0.0379. The van der Waals surface area contributed by atoms with Crippen molar-refractivity contribution in [3.05, 3.63) is 41.2 Å². The van der Waals surface area contributed by atoms with E-state index < -0.39 is 0 Å². The number of aryl methyl sites for hydroxylation is 2. The molecule has 132 valence electrons. The Morgan fingerprint density at radius 1 is 1.36 bits per heavy atom. The molecule has 0 saturated carbocycles.